The number of benzene rings is 2. The second-order valence-electron chi connectivity index (χ2n) is 6.90. The van der Waals surface area contributed by atoms with Crippen LogP contribution in [0.1, 0.15) is 47.1 Å². The molecule has 6 nitrogen and oxygen atoms in total. The van der Waals surface area contributed by atoms with E-state index in [4.69, 9.17) is 10.5 Å². The first-order valence-electron chi connectivity index (χ1n) is 8.14. The number of nitrogens with two attached hydrogens (primary N) is 1. The van der Waals surface area contributed by atoms with Crippen LogP contribution in [0.15, 0.2) is 48.5 Å². The average Bonchev–Trinajstić information content (AvgIpc) is 2.59. The van der Waals surface area contributed by atoms with Crippen molar-refractivity contribution in [3.63, 3.8) is 0 Å². The van der Waals surface area contributed by atoms with E-state index in [-0.39, 0.29) is 11.0 Å². The normalized spacial score (nSPS) is 10.9. The molecule has 0 aliphatic carbocycles. The molecule has 0 spiro atoms. The third-order valence-electron chi connectivity index (χ3n) is 3.75. The molecule has 2 amide bonds. The van der Waals surface area contributed by atoms with E-state index in [1.165, 1.54) is 12.1 Å². The predicted octanol–water partition coefficient (Wildman–Crippen LogP) is 2.68. The second kappa shape index (κ2) is 7.82. The number of nitrogen functional groups attached to an aromatic ring is 1. The molecular weight excluding hydrogens is 332 g/mol. The Kier molecular flexibility index (Phi) is 5.77. The Balaban J connectivity index is 1.88. The van der Waals surface area contributed by atoms with Crippen LogP contribution in [0.3, 0.4) is 0 Å². The number of imide groups is 1. The van der Waals surface area contributed by atoms with Crippen LogP contribution in [0, 0.1) is 0 Å². The molecule has 0 fully saturated rings. The number of ether oxygens (including phenoxy) is 1. The van der Waals surface area contributed by atoms with Crippen molar-refractivity contribution in [2.24, 2.45) is 0 Å². The number of esters is 1. The van der Waals surface area contributed by atoms with E-state index in [0.717, 1.165) is 5.56 Å². The fourth-order valence-electron chi connectivity index (χ4n) is 2.19. The zero-order chi connectivity index (χ0) is 19.3. The van der Waals surface area contributed by atoms with Gasteiger partial charge in [-0.2, -0.15) is 0 Å². The lowest BCUT2D eigenvalue weighted by Gasteiger charge is -2.18. The fraction of sp³-hybridized carbons (Fsp3) is 0.250. The van der Waals surface area contributed by atoms with Crippen molar-refractivity contribution < 1.29 is 19.1 Å². The molecule has 0 aliphatic heterocycles. The van der Waals surface area contributed by atoms with E-state index in [1.54, 1.807) is 24.3 Å². The van der Waals surface area contributed by atoms with Crippen LogP contribution in [-0.4, -0.2) is 24.4 Å². The Morgan fingerprint density at radius 2 is 1.46 bits per heavy atom. The highest BCUT2D eigenvalue weighted by Crippen LogP contribution is 2.22. The van der Waals surface area contributed by atoms with Gasteiger partial charge in [0.1, 0.15) is 0 Å². The summed E-state index contributed by atoms with van der Waals surface area (Å²) in [6.07, 6.45) is 0. The molecule has 0 aliphatic rings. The summed E-state index contributed by atoms with van der Waals surface area (Å²) in [6, 6.07) is 13.1. The van der Waals surface area contributed by atoms with Gasteiger partial charge in [0, 0.05) is 11.3 Å². The molecule has 0 unspecified atom stereocenters. The molecular formula is C20H22N2O4. The van der Waals surface area contributed by atoms with Gasteiger partial charge >= 0.3 is 5.97 Å². The topological polar surface area (TPSA) is 98.5 Å². The van der Waals surface area contributed by atoms with Crippen LogP contribution in [0.2, 0.25) is 0 Å². The number of amides is 2. The van der Waals surface area contributed by atoms with Gasteiger partial charge in [0.2, 0.25) is 0 Å². The maximum Gasteiger partial charge on any atom is 0.338 e. The highest BCUT2D eigenvalue weighted by molar-refractivity contribution is 6.05. The molecule has 0 radical (unpaired) electrons. The van der Waals surface area contributed by atoms with Gasteiger partial charge < -0.3 is 10.5 Å². The molecule has 2 rings (SSSR count). The molecule has 0 heterocycles. The Hall–Kier alpha value is -3.15. The van der Waals surface area contributed by atoms with Crippen molar-refractivity contribution in [2.75, 3.05) is 12.3 Å². The standard InChI is InChI=1S/C20H22N2O4/c1-20(2,3)15-8-4-13(5-9-15)18(24)22-17(23)12-26-19(25)14-6-10-16(21)11-7-14/h4-11H,12,21H2,1-3H3,(H,22,23,24). The lowest BCUT2D eigenvalue weighted by atomic mass is 9.87. The minimum atomic E-state index is -0.696. The summed E-state index contributed by atoms with van der Waals surface area (Å²) in [7, 11) is 0. The Labute approximate surface area is 152 Å². The van der Waals surface area contributed by atoms with Crippen LogP contribution < -0.4 is 11.1 Å². The van der Waals surface area contributed by atoms with Crippen molar-refractivity contribution in [2.45, 2.75) is 26.2 Å². The van der Waals surface area contributed by atoms with Gasteiger partial charge in [0.15, 0.2) is 6.61 Å². The quantitative estimate of drug-likeness (QED) is 0.650. The monoisotopic (exact) mass is 354 g/mol. The smallest absolute Gasteiger partial charge is 0.338 e. The SMILES string of the molecule is CC(C)(C)c1ccc(C(=O)NC(=O)COC(=O)c2ccc(N)cc2)cc1. The summed E-state index contributed by atoms with van der Waals surface area (Å²) >= 11 is 0. The van der Waals surface area contributed by atoms with Gasteiger partial charge in [-0.05, 0) is 47.4 Å². The lowest BCUT2D eigenvalue weighted by Crippen LogP contribution is -2.34. The van der Waals surface area contributed by atoms with Crippen molar-refractivity contribution in [1.29, 1.82) is 0 Å². The molecule has 136 valence electrons. The molecule has 2 aromatic carbocycles. The third kappa shape index (κ3) is 5.17. The summed E-state index contributed by atoms with van der Waals surface area (Å²) < 4.78 is 4.89. The Bertz CT molecular complexity index is 803. The highest BCUT2D eigenvalue weighted by Gasteiger charge is 2.16. The van der Waals surface area contributed by atoms with Gasteiger partial charge in [-0.25, -0.2) is 4.79 Å². The summed E-state index contributed by atoms with van der Waals surface area (Å²) in [5, 5.41) is 2.20. The fourth-order valence-corrected chi connectivity index (χ4v) is 2.19. The Morgan fingerprint density at radius 3 is 2.00 bits per heavy atom. The summed E-state index contributed by atoms with van der Waals surface area (Å²) in [5.74, 6) is -1.90. The van der Waals surface area contributed by atoms with E-state index in [9.17, 15) is 14.4 Å². The molecule has 0 saturated heterocycles. The highest BCUT2D eigenvalue weighted by atomic mass is 16.5. The van der Waals surface area contributed by atoms with Crippen LogP contribution in [-0.2, 0) is 14.9 Å². The van der Waals surface area contributed by atoms with Gasteiger partial charge in [-0.1, -0.05) is 32.9 Å². The first-order valence-corrected chi connectivity index (χ1v) is 8.14. The maximum absolute atomic E-state index is 12.1. The molecule has 3 N–H and O–H groups in total. The minimum Gasteiger partial charge on any atom is -0.452 e. The van der Waals surface area contributed by atoms with Crippen molar-refractivity contribution in [1.82, 2.24) is 5.32 Å². The second-order valence-corrected chi connectivity index (χ2v) is 6.90. The summed E-state index contributed by atoms with van der Waals surface area (Å²) in [6.45, 7) is 5.66. The van der Waals surface area contributed by atoms with E-state index in [0.29, 0.717) is 11.3 Å². The lowest BCUT2D eigenvalue weighted by molar-refractivity contribution is -0.123. The zero-order valence-electron chi connectivity index (χ0n) is 15.0. The van der Waals surface area contributed by atoms with Gasteiger partial charge in [0.05, 0.1) is 5.56 Å². The molecule has 2 aromatic rings. The number of hydrogen-bond donors (Lipinski definition) is 2. The molecule has 26 heavy (non-hydrogen) atoms. The van der Waals surface area contributed by atoms with Crippen LogP contribution in [0.5, 0.6) is 0 Å². The molecule has 0 aromatic heterocycles. The van der Waals surface area contributed by atoms with E-state index >= 15 is 0 Å². The Morgan fingerprint density at radius 1 is 0.923 bits per heavy atom. The molecule has 0 bridgehead atoms. The number of carbonyl (C=O) groups excluding carboxylic acids is 3. The zero-order valence-corrected chi connectivity index (χ0v) is 15.0. The number of nitrogens with one attached hydrogen (secondary N) is 1. The van der Waals surface area contributed by atoms with Crippen LogP contribution >= 0.6 is 0 Å². The summed E-state index contributed by atoms with van der Waals surface area (Å²) in [4.78, 5) is 35.7. The first kappa shape index (κ1) is 19.2. The van der Waals surface area contributed by atoms with Crippen molar-refractivity contribution >= 4 is 23.5 Å². The van der Waals surface area contributed by atoms with E-state index in [1.807, 2.05) is 12.1 Å². The average molecular weight is 354 g/mol. The van der Waals surface area contributed by atoms with E-state index < -0.39 is 24.4 Å². The third-order valence-corrected chi connectivity index (χ3v) is 3.75. The van der Waals surface area contributed by atoms with Crippen LogP contribution in [0.25, 0.3) is 0 Å². The number of rotatable bonds is 4. The number of carbonyl (C=O) groups is 3. The van der Waals surface area contributed by atoms with Gasteiger partial charge in [-0.3, -0.25) is 14.9 Å². The van der Waals surface area contributed by atoms with Crippen LogP contribution in [0.4, 0.5) is 5.69 Å². The van der Waals surface area contributed by atoms with E-state index in [2.05, 4.69) is 26.1 Å². The number of anilines is 1. The maximum atomic E-state index is 12.1. The molecule has 0 atom stereocenters. The first-order chi connectivity index (χ1) is 12.2. The number of hydrogen-bond acceptors (Lipinski definition) is 5. The van der Waals surface area contributed by atoms with Gasteiger partial charge in [-0.15, -0.1) is 0 Å². The van der Waals surface area contributed by atoms with Gasteiger partial charge in [0.25, 0.3) is 11.8 Å². The van der Waals surface area contributed by atoms with Crippen molar-refractivity contribution in [3.05, 3.63) is 65.2 Å². The molecule has 6 heteroatoms. The molecule has 0 saturated carbocycles. The predicted molar refractivity (Wildman–Crippen MR) is 98.8 cm³/mol. The minimum absolute atomic E-state index is 0.0267. The largest absolute Gasteiger partial charge is 0.452 e. The summed E-state index contributed by atoms with van der Waals surface area (Å²) in [5.41, 5.74) is 7.74. The van der Waals surface area contributed by atoms with Crippen molar-refractivity contribution in [3.8, 4) is 0 Å².